The summed E-state index contributed by atoms with van der Waals surface area (Å²) in [5.74, 6) is 0. The van der Waals surface area contributed by atoms with Crippen LogP contribution >= 0.6 is 0 Å². The minimum Gasteiger partial charge on any atom is -0.417 e. The van der Waals surface area contributed by atoms with Crippen LogP contribution in [0, 0.1) is 0 Å². The smallest absolute Gasteiger partial charge is 0.191 e. The second-order valence-corrected chi connectivity index (χ2v) is 16.4. The zero-order valence-electron chi connectivity index (χ0n) is 24.2. The first-order valence-electron chi connectivity index (χ1n) is 13.9. The fourth-order valence-electron chi connectivity index (χ4n) is 3.97. The molecule has 5 nitrogen and oxygen atoms in total. The lowest BCUT2D eigenvalue weighted by molar-refractivity contribution is -0.151. The SMILES string of the molecule is CC(C)(C)[Si](C)(C)OCC[C@@H](OCc1ccccc1)[C@H](OCc1ccccc1)[C@H](O)COCc1ccccc1. The minimum absolute atomic E-state index is 0.112. The number of benzene rings is 3. The van der Waals surface area contributed by atoms with Gasteiger partial charge in [-0.3, -0.25) is 0 Å². The highest BCUT2D eigenvalue weighted by Crippen LogP contribution is 2.36. The monoisotopic (exact) mass is 550 g/mol. The van der Waals surface area contributed by atoms with Crippen LogP contribution in [0.25, 0.3) is 0 Å². The Morgan fingerprint density at radius 2 is 1.15 bits per heavy atom. The van der Waals surface area contributed by atoms with Gasteiger partial charge in [0, 0.05) is 6.61 Å². The van der Waals surface area contributed by atoms with E-state index in [4.69, 9.17) is 18.6 Å². The molecule has 0 aliphatic heterocycles. The van der Waals surface area contributed by atoms with E-state index >= 15 is 0 Å². The van der Waals surface area contributed by atoms with Crippen LogP contribution in [0.1, 0.15) is 43.9 Å². The summed E-state index contributed by atoms with van der Waals surface area (Å²) in [5.41, 5.74) is 3.18. The summed E-state index contributed by atoms with van der Waals surface area (Å²) in [7, 11) is -1.93. The number of aliphatic hydroxyl groups is 1. The van der Waals surface area contributed by atoms with E-state index in [0.717, 1.165) is 16.7 Å². The number of ether oxygens (including phenoxy) is 3. The van der Waals surface area contributed by atoms with Crippen molar-refractivity contribution in [2.24, 2.45) is 0 Å². The zero-order valence-corrected chi connectivity index (χ0v) is 25.2. The first-order chi connectivity index (χ1) is 18.7. The lowest BCUT2D eigenvalue weighted by atomic mass is 10.0. The van der Waals surface area contributed by atoms with Gasteiger partial charge in [-0.2, -0.15) is 0 Å². The van der Waals surface area contributed by atoms with Gasteiger partial charge in [0.1, 0.15) is 12.2 Å². The van der Waals surface area contributed by atoms with E-state index in [1.807, 2.05) is 91.0 Å². The summed E-state index contributed by atoms with van der Waals surface area (Å²) in [6, 6.07) is 30.1. The van der Waals surface area contributed by atoms with E-state index in [-0.39, 0.29) is 17.7 Å². The third kappa shape index (κ3) is 10.6. The molecule has 1 N–H and O–H groups in total. The van der Waals surface area contributed by atoms with Gasteiger partial charge in [0.15, 0.2) is 8.32 Å². The van der Waals surface area contributed by atoms with Crippen LogP contribution in [0.15, 0.2) is 91.0 Å². The molecule has 0 aliphatic carbocycles. The molecule has 0 spiro atoms. The number of hydrogen-bond acceptors (Lipinski definition) is 5. The van der Waals surface area contributed by atoms with E-state index < -0.39 is 20.5 Å². The average molecular weight is 551 g/mol. The highest BCUT2D eigenvalue weighted by Gasteiger charge is 2.38. The largest absolute Gasteiger partial charge is 0.417 e. The molecule has 0 heterocycles. The highest BCUT2D eigenvalue weighted by atomic mass is 28.4. The van der Waals surface area contributed by atoms with E-state index in [2.05, 4.69) is 33.9 Å². The first kappa shape index (κ1) is 31.2. The van der Waals surface area contributed by atoms with Crippen molar-refractivity contribution in [2.75, 3.05) is 13.2 Å². The molecule has 0 fully saturated rings. The molecular weight excluding hydrogens is 504 g/mol. The Morgan fingerprint density at radius 3 is 1.64 bits per heavy atom. The van der Waals surface area contributed by atoms with Crippen LogP contribution in [0.4, 0.5) is 0 Å². The van der Waals surface area contributed by atoms with Gasteiger partial charge in [0.05, 0.1) is 32.5 Å². The third-order valence-corrected chi connectivity index (χ3v) is 11.9. The maximum absolute atomic E-state index is 11.4. The molecule has 0 saturated carbocycles. The highest BCUT2D eigenvalue weighted by molar-refractivity contribution is 6.74. The minimum atomic E-state index is -1.93. The van der Waals surface area contributed by atoms with Crippen molar-refractivity contribution in [1.29, 1.82) is 0 Å². The van der Waals surface area contributed by atoms with Gasteiger partial charge in [-0.25, -0.2) is 0 Å². The van der Waals surface area contributed by atoms with Crippen molar-refractivity contribution in [1.82, 2.24) is 0 Å². The number of hydrogen-bond donors (Lipinski definition) is 1. The van der Waals surface area contributed by atoms with Gasteiger partial charge >= 0.3 is 0 Å². The van der Waals surface area contributed by atoms with Crippen LogP contribution < -0.4 is 0 Å². The molecule has 3 aromatic carbocycles. The molecule has 0 aliphatic rings. The second kappa shape index (κ2) is 15.5. The standard InChI is InChI=1S/C33H46O5Si/c1-33(2,3)39(4,5)38-22-21-31(36-24-28-17-11-7-12-18-28)32(37-25-29-19-13-8-14-20-29)30(34)26-35-23-27-15-9-6-10-16-27/h6-20,30-32,34H,21-26H2,1-5H3/t30-,31-,32-/m1/s1. The molecule has 3 rings (SSSR count). The van der Waals surface area contributed by atoms with Gasteiger partial charge in [-0.1, -0.05) is 112 Å². The van der Waals surface area contributed by atoms with Crippen LogP contribution in [0.3, 0.4) is 0 Å². The summed E-state index contributed by atoms with van der Waals surface area (Å²) in [4.78, 5) is 0. The Balaban J connectivity index is 1.74. The second-order valence-electron chi connectivity index (χ2n) is 11.6. The van der Waals surface area contributed by atoms with E-state index in [0.29, 0.717) is 32.8 Å². The van der Waals surface area contributed by atoms with Gasteiger partial charge in [0.25, 0.3) is 0 Å². The van der Waals surface area contributed by atoms with E-state index in [9.17, 15) is 5.11 Å². The van der Waals surface area contributed by atoms with Crippen molar-refractivity contribution in [2.45, 2.75) is 83.5 Å². The molecule has 0 saturated heterocycles. The average Bonchev–Trinajstić information content (AvgIpc) is 2.92. The van der Waals surface area contributed by atoms with Gasteiger partial charge < -0.3 is 23.7 Å². The van der Waals surface area contributed by atoms with Crippen molar-refractivity contribution in [3.8, 4) is 0 Å². The Kier molecular flexibility index (Phi) is 12.4. The Hall–Kier alpha value is -2.32. The van der Waals surface area contributed by atoms with Crippen molar-refractivity contribution in [3.05, 3.63) is 108 Å². The first-order valence-corrected chi connectivity index (χ1v) is 16.8. The van der Waals surface area contributed by atoms with Gasteiger partial charge in [-0.15, -0.1) is 0 Å². The molecule has 0 unspecified atom stereocenters. The Labute approximate surface area is 236 Å². The van der Waals surface area contributed by atoms with E-state index in [1.54, 1.807) is 0 Å². The van der Waals surface area contributed by atoms with Crippen LogP contribution in [-0.2, 0) is 38.5 Å². The fourth-order valence-corrected chi connectivity index (χ4v) is 5.03. The summed E-state index contributed by atoms with van der Waals surface area (Å²) < 4.78 is 25.3. The molecule has 212 valence electrons. The van der Waals surface area contributed by atoms with E-state index in [1.165, 1.54) is 0 Å². The molecular formula is C33H46O5Si. The molecule has 0 amide bonds. The lowest BCUT2D eigenvalue weighted by Gasteiger charge is -2.37. The zero-order chi connectivity index (χ0) is 28.1. The molecule has 6 heteroatoms. The number of rotatable bonds is 16. The summed E-state index contributed by atoms with van der Waals surface area (Å²) >= 11 is 0. The summed E-state index contributed by atoms with van der Waals surface area (Å²) in [5, 5.41) is 11.5. The molecule has 3 atom stereocenters. The quantitative estimate of drug-likeness (QED) is 0.192. The topological polar surface area (TPSA) is 57.2 Å². The number of aliphatic hydroxyl groups excluding tert-OH is 1. The van der Waals surface area contributed by atoms with Crippen LogP contribution in [-0.4, -0.2) is 44.9 Å². The maximum Gasteiger partial charge on any atom is 0.191 e. The molecule has 0 aromatic heterocycles. The van der Waals surface area contributed by atoms with Crippen molar-refractivity contribution in [3.63, 3.8) is 0 Å². The molecule has 0 bridgehead atoms. The normalized spacial score (nSPS) is 14.6. The fraction of sp³-hybridized carbons (Fsp3) is 0.455. The van der Waals surface area contributed by atoms with Crippen LogP contribution in [0.5, 0.6) is 0 Å². The van der Waals surface area contributed by atoms with Crippen molar-refractivity contribution >= 4 is 8.32 Å². The van der Waals surface area contributed by atoms with Gasteiger partial charge in [-0.05, 0) is 41.2 Å². The molecule has 3 aromatic rings. The summed E-state index contributed by atoms with van der Waals surface area (Å²) in [6.45, 7) is 13.1. The molecule has 0 radical (unpaired) electrons. The predicted octanol–water partition coefficient (Wildman–Crippen LogP) is 7.15. The maximum atomic E-state index is 11.4. The Bertz CT molecular complexity index is 1050. The van der Waals surface area contributed by atoms with Crippen molar-refractivity contribution < 1.29 is 23.7 Å². The summed E-state index contributed by atoms with van der Waals surface area (Å²) in [6.07, 6.45) is -1.23. The molecule has 39 heavy (non-hydrogen) atoms. The Morgan fingerprint density at radius 1 is 0.692 bits per heavy atom. The van der Waals surface area contributed by atoms with Gasteiger partial charge in [0.2, 0.25) is 0 Å². The lowest BCUT2D eigenvalue weighted by Crippen LogP contribution is -2.45. The predicted molar refractivity (Wildman–Crippen MR) is 160 cm³/mol. The van der Waals surface area contributed by atoms with Crippen LogP contribution in [0.2, 0.25) is 18.1 Å². The third-order valence-electron chi connectivity index (χ3n) is 7.41.